The van der Waals surface area contributed by atoms with Crippen molar-refractivity contribution < 1.29 is 4.79 Å². The number of nitrogens with one attached hydrogen (secondary N) is 1. The van der Waals surface area contributed by atoms with Crippen LogP contribution in [-0.4, -0.2) is 30.3 Å². The highest BCUT2D eigenvalue weighted by Crippen LogP contribution is 2.27. The highest BCUT2D eigenvalue weighted by molar-refractivity contribution is 6.36. The third-order valence-corrected chi connectivity index (χ3v) is 5.34. The summed E-state index contributed by atoms with van der Waals surface area (Å²) in [6.45, 7) is 4.07. The van der Waals surface area contributed by atoms with E-state index in [1.165, 1.54) is 6.20 Å². The summed E-state index contributed by atoms with van der Waals surface area (Å²) in [6.07, 6.45) is 3.07. The van der Waals surface area contributed by atoms with E-state index in [2.05, 4.69) is 20.5 Å². The van der Waals surface area contributed by atoms with Gasteiger partial charge in [-0.3, -0.25) is 9.48 Å². The second-order valence-corrected chi connectivity index (χ2v) is 7.73. The molecule has 29 heavy (non-hydrogen) atoms. The maximum Gasteiger partial charge on any atom is 0.262 e. The van der Waals surface area contributed by atoms with Crippen LogP contribution >= 0.6 is 34.8 Å². The number of fused-ring (bicyclic) bond motifs is 1. The van der Waals surface area contributed by atoms with Crippen LogP contribution in [0.1, 0.15) is 27.3 Å². The smallest absolute Gasteiger partial charge is 0.262 e. The summed E-state index contributed by atoms with van der Waals surface area (Å²) >= 11 is 18.7. The fraction of sp³-hybridized carbons (Fsp3) is 0.158. The maximum absolute atomic E-state index is 12.8. The van der Waals surface area contributed by atoms with E-state index in [1.54, 1.807) is 33.6 Å². The Morgan fingerprint density at radius 2 is 1.86 bits per heavy atom. The van der Waals surface area contributed by atoms with Gasteiger partial charge in [0.05, 0.1) is 12.7 Å². The minimum Gasteiger partial charge on any atom is -0.304 e. The molecule has 1 amide bonds. The maximum atomic E-state index is 12.8. The first-order chi connectivity index (χ1) is 13.8. The molecule has 4 rings (SSSR count). The molecule has 0 saturated heterocycles. The quantitative estimate of drug-likeness (QED) is 0.485. The van der Waals surface area contributed by atoms with E-state index in [9.17, 15) is 4.79 Å². The van der Waals surface area contributed by atoms with Crippen molar-refractivity contribution in [1.29, 1.82) is 0 Å². The number of rotatable bonds is 4. The second-order valence-electron chi connectivity index (χ2n) is 6.51. The van der Waals surface area contributed by atoms with E-state index < -0.39 is 5.91 Å². The van der Waals surface area contributed by atoms with Gasteiger partial charge in [0.25, 0.3) is 5.91 Å². The number of halogens is 3. The highest BCUT2D eigenvalue weighted by atomic mass is 35.5. The molecular formula is C19H15Cl3N6O. The van der Waals surface area contributed by atoms with Crippen molar-refractivity contribution in [2.24, 2.45) is 0 Å². The lowest BCUT2D eigenvalue weighted by Crippen LogP contribution is -2.13. The first kappa shape index (κ1) is 19.7. The van der Waals surface area contributed by atoms with Crippen molar-refractivity contribution in [1.82, 2.24) is 24.4 Å². The van der Waals surface area contributed by atoms with Crippen molar-refractivity contribution in [3.8, 4) is 0 Å². The zero-order valence-electron chi connectivity index (χ0n) is 15.4. The Balaban J connectivity index is 1.60. The molecule has 0 saturated carbocycles. The molecule has 0 atom stereocenters. The summed E-state index contributed by atoms with van der Waals surface area (Å²) in [7, 11) is 0. The van der Waals surface area contributed by atoms with Crippen LogP contribution in [0.25, 0.3) is 5.65 Å². The normalized spacial score (nSPS) is 11.2. The minimum absolute atomic E-state index is 0.226. The monoisotopic (exact) mass is 448 g/mol. The Labute approximate surface area is 181 Å². The van der Waals surface area contributed by atoms with Crippen molar-refractivity contribution in [3.63, 3.8) is 0 Å². The molecular weight excluding hydrogens is 435 g/mol. The lowest BCUT2D eigenvalue weighted by atomic mass is 10.2. The first-order valence-electron chi connectivity index (χ1n) is 8.62. The lowest BCUT2D eigenvalue weighted by Gasteiger charge is -2.07. The van der Waals surface area contributed by atoms with Crippen LogP contribution < -0.4 is 5.32 Å². The molecule has 0 aliphatic rings. The molecule has 1 N–H and O–H groups in total. The summed E-state index contributed by atoms with van der Waals surface area (Å²) in [6, 6.07) is 7.15. The largest absolute Gasteiger partial charge is 0.304 e. The predicted molar refractivity (Wildman–Crippen MR) is 113 cm³/mol. The van der Waals surface area contributed by atoms with E-state index in [4.69, 9.17) is 34.8 Å². The van der Waals surface area contributed by atoms with Gasteiger partial charge in [-0.25, -0.2) is 9.50 Å². The van der Waals surface area contributed by atoms with E-state index in [0.717, 1.165) is 11.4 Å². The van der Waals surface area contributed by atoms with Gasteiger partial charge < -0.3 is 5.32 Å². The molecule has 3 aromatic heterocycles. The molecule has 0 aliphatic heterocycles. The van der Waals surface area contributed by atoms with Crippen molar-refractivity contribution in [3.05, 3.63) is 74.2 Å². The van der Waals surface area contributed by atoms with Crippen LogP contribution in [0.15, 0.2) is 36.7 Å². The SMILES string of the molecule is Cc1cc(C)n2ncc(C(=O)Nc3nn(Cc4c(Cl)cccc4Cl)cc3Cl)c2n1. The van der Waals surface area contributed by atoms with Crippen LogP contribution in [0.4, 0.5) is 5.82 Å². The number of hydrogen-bond acceptors (Lipinski definition) is 4. The number of benzene rings is 1. The number of aromatic nitrogens is 5. The standard InChI is InChI=1S/C19H15Cl3N6O/c1-10-6-11(2)28-18(24-10)12(7-23-28)19(29)25-17-16(22)9-27(26-17)8-13-14(20)4-3-5-15(13)21/h3-7,9H,8H2,1-2H3,(H,25,26,29). The average Bonchev–Trinajstić information content (AvgIpc) is 3.22. The van der Waals surface area contributed by atoms with Crippen LogP contribution in [0.3, 0.4) is 0 Å². The van der Waals surface area contributed by atoms with Crippen LogP contribution in [-0.2, 0) is 6.54 Å². The van der Waals surface area contributed by atoms with Crippen molar-refractivity contribution >= 4 is 52.2 Å². The van der Waals surface area contributed by atoms with E-state index in [1.807, 2.05) is 19.9 Å². The number of amides is 1. The van der Waals surface area contributed by atoms with E-state index >= 15 is 0 Å². The molecule has 3 heterocycles. The molecule has 0 unspecified atom stereocenters. The molecule has 0 radical (unpaired) electrons. The Bertz CT molecular complexity index is 1230. The molecule has 10 heteroatoms. The van der Waals surface area contributed by atoms with E-state index in [0.29, 0.717) is 38.4 Å². The molecule has 0 spiro atoms. The summed E-state index contributed by atoms with van der Waals surface area (Å²) in [5, 5.41) is 12.6. The molecule has 0 fully saturated rings. The van der Waals surface area contributed by atoms with Gasteiger partial charge in [0.15, 0.2) is 11.5 Å². The van der Waals surface area contributed by atoms with Gasteiger partial charge in [0.2, 0.25) is 0 Å². The third-order valence-electron chi connectivity index (χ3n) is 4.35. The number of hydrogen-bond donors (Lipinski definition) is 1. The Kier molecular flexibility index (Phi) is 5.21. The first-order valence-corrected chi connectivity index (χ1v) is 9.76. The van der Waals surface area contributed by atoms with Gasteiger partial charge in [-0.2, -0.15) is 10.2 Å². The van der Waals surface area contributed by atoms with Crippen molar-refractivity contribution in [2.45, 2.75) is 20.4 Å². The van der Waals surface area contributed by atoms with Gasteiger partial charge >= 0.3 is 0 Å². The Morgan fingerprint density at radius 1 is 1.14 bits per heavy atom. The average molecular weight is 450 g/mol. The number of carbonyl (C=O) groups excluding carboxylic acids is 1. The van der Waals surface area contributed by atoms with Crippen molar-refractivity contribution in [2.75, 3.05) is 5.32 Å². The van der Waals surface area contributed by atoms with Crippen LogP contribution in [0, 0.1) is 13.8 Å². The number of carbonyl (C=O) groups is 1. The topological polar surface area (TPSA) is 77.1 Å². The number of nitrogens with zero attached hydrogens (tertiary/aromatic N) is 5. The molecule has 7 nitrogen and oxygen atoms in total. The molecule has 1 aromatic carbocycles. The number of aryl methyl sites for hydroxylation is 2. The van der Waals surface area contributed by atoms with Crippen LogP contribution in [0.2, 0.25) is 15.1 Å². The summed E-state index contributed by atoms with van der Waals surface area (Å²) in [4.78, 5) is 17.2. The van der Waals surface area contributed by atoms with Gasteiger partial charge in [-0.1, -0.05) is 40.9 Å². The Morgan fingerprint density at radius 3 is 2.59 bits per heavy atom. The molecule has 4 aromatic rings. The predicted octanol–water partition coefficient (Wildman–Crippen LogP) is 4.80. The lowest BCUT2D eigenvalue weighted by molar-refractivity contribution is 0.102. The zero-order chi connectivity index (χ0) is 20.7. The van der Waals surface area contributed by atoms with E-state index in [-0.39, 0.29) is 5.82 Å². The molecule has 0 aliphatic carbocycles. The second kappa shape index (κ2) is 7.67. The molecule has 0 bridgehead atoms. The fourth-order valence-electron chi connectivity index (χ4n) is 3.01. The summed E-state index contributed by atoms with van der Waals surface area (Å²) in [5.74, 6) is -0.177. The summed E-state index contributed by atoms with van der Waals surface area (Å²) < 4.78 is 3.18. The van der Waals surface area contributed by atoms with Gasteiger partial charge in [-0.05, 0) is 32.0 Å². The summed E-state index contributed by atoms with van der Waals surface area (Å²) in [5.41, 5.74) is 3.19. The van der Waals surface area contributed by atoms with Gasteiger partial charge in [0, 0.05) is 33.2 Å². The third kappa shape index (κ3) is 3.81. The van der Waals surface area contributed by atoms with Crippen LogP contribution in [0.5, 0.6) is 0 Å². The Hall–Kier alpha value is -2.61. The minimum atomic E-state index is -0.402. The van der Waals surface area contributed by atoms with Gasteiger partial charge in [0.1, 0.15) is 10.6 Å². The fourth-order valence-corrected chi connectivity index (χ4v) is 3.73. The highest BCUT2D eigenvalue weighted by Gasteiger charge is 2.19. The molecule has 148 valence electrons. The zero-order valence-corrected chi connectivity index (χ0v) is 17.7. The van der Waals surface area contributed by atoms with Gasteiger partial charge in [-0.15, -0.1) is 0 Å². The number of anilines is 1.